The van der Waals surface area contributed by atoms with Crippen LogP contribution in [0.4, 0.5) is 5.69 Å². The standard InChI is InChI=1S/C21H31N3O3/c1-23(2)21(12-7-3-4-8-13-21)16-22-19(25)15-24-17-9-5-6-10-18(17)27-14-11-20(24)26/h5-6,9-10H,3-4,7-8,11-16H2,1-2H3,(H,22,25). The summed E-state index contributed by atoms with van der Waals surface area (Å²) in [5, 5.41) is 3.11. The summed E-state index contributed by atoms with van der Waals surface area (Å²) in [6.07, 6.45) is 7.40. The fourth-order valence-electron chi connectivity index (χ4n) is 4.12. The first-order valence-electron chi connectivity index (χ1n) is 9.98. The van der Waals surface area contributed by atoms with Crippen LogP contribution < -0.4 is 15.0 Å². The first kappa shape index (κ1) is 19.7. The molecule has 0 aromatic heterocycles. The van der Waals surface area contributed by atoms with Crippen molar-refractivity contribution in [3.8, 4) is 5.75 Å². The second-order valence-corrected chi connectivity index (χ2v) is 7.86. The van der Waals surface area contributed by atoms with Crippen molar-refractivity contribution in [2.45, 2.75) is 50.5 Å². The quantitative estimate of drug-likeness (QED) is 0.806. The summed E-state index contributed by atoms with van der Waals surface area (Å²) in [4.78, 5) is 29.0. The van der Waals surface area contributed by atoms with E-state index in [1.807, 2.05) is 24.3 Å². The number of hydrogen-bond donors (Lipinski definition) is 1. The number of carbonyl (C=O) groups excluding carboxylic acids is 2. The molecule has 1 aromatic rings. The van der Waals surface area contributed by atoms with Gasteiger partial charge < -0.3 is 15.0 Å². The van der Waals surface area contributed by atoms with E-state index in [9.17, 15) is 9.59 Å². The number of ether oxygens (including phenoxy) is 1. The molecule has 2 amide bonds. The van der Waals surface area contributed by atoms with Crippen molar-refractivity contribution in [1.29, 1.82) is 0 Å². The molecule has 3 rings (SSSR count). The number of rotatable bonds is 5. The van der Waals surface area contributed by atoms with Crippen molar-refractivity contribution < 1.29 is 14.3 Å². The monoisotopic (exact) mass is 373 g/mol. The van der Waals surface area contributed by atoms with Crippen LogP contribution in [0, 0.1) is 0 Å². The summed E-state index contributed by atoms with van der Waals surface area (Å²) in [5.74, 6) is 0.460. The second kappa shape index (κ2) is 8.74. The summed E-state index contributed by atoms with van der Waals surface area (Å²) in [6.45, 7) is 0.999. The lowest BCUT2D eigenvalue weighted by molar-refractivity contribution is -0.124. The maximum Gasteiger partial charge on any atom is 0.240 e. The molecule has 6 nitrogen and oxygen atoms in total. The molecule has 0 saturated heterocycles. The van der Waals surface area contributed by atoms with Crippen LogP contribution in [0.3, 0.4) is 0 Å². The van der Waals surface area contributed by atoms with Gasteiger partial charge >= 0.3 is 0 Å². The molecule has 27 heavy (non-hydrogen) atoms. The Labute approximate surface area is 161 Å². The highest BCUT2D eigenvalue weighted by Crippen LogP contribution is 2.32. The molecule has 0 bridgehead atoms. The zero-order valence-corrected chi connectivity index (χ0v) is 16.5. The molecule has 0 spiro atoms. The van der Waals surface area contributed by atoms with E-state index in [-0.39, 0.29) is 30.3 Å². The minimum absolute atomic E-state index is 0.00990. The summed E-state index contributed by atoms with van der Waals surface area (Å²) in [6, 6.07) is 7.40. The molecule has 1 saturated carbocycles. The van der Waals surface area contributed by atoms with E-state index in [0.29, 0.717) is 24.6 Å². The second-order valence-electron chi connectivity index (χ2n) is 7.86. The zero-order chi connectivity index (χ0) is 19.3. The smallest absolute Gasteiger partial charge is 0.240 e. The van der Waals surface area contributed by atoms with Gasteiger partial charge in [0.25, 0.3) is 0 Å². The highest BCUT2D eigenvalue weighted by molar-refractivity contribution is 6.00. The Morgan fingerprint density at radius 3 is 2.59 bits per heavy atom. The van der Waals surface area contributed by atoms with E-state index < -0.39 is 0 Å². The lowest BCUT2D eigenvalue weighted by Crippen LogP contribution is -2.53. The number of likely N-dealkylation sites (N-methyl/N-ethyl adjacent to an activating group) is 1. The van der Waals surface area contributed by atoms with Crippen molar-refractivity contribution in [2.24, 2.45) is 0 Å². The van der Waals surface area contributed by atoms with Crippen LogP contribution in [0.25, 0.3) is 0 Å². The lowest BCUT2D eigenvalue weighted by atomic mass is 9.88. The summed E-state index contributed by atoms with van der Waals surface area (Å²) < 4.78 is 5.65. The van der Waals surface area contributed by atoms with Gasteiger partial charge in [-0.05, 0) is 39.1 Å². The molecule has 148 valence electrons. The van der Waals surface area contributed by atoms with Gasteiger partial charge in [0.2, 0.25) is 11.8 Å². The average Bonchev–Trinajstić information content (AvgIpc) is 2.99. The van der Waals surface area contributed by atoms with Gasteiger partial charge in [0.1, 0.15) is 12.3 Å². The third kappa shape index (κ3) is 4.61. The Morgan fingerprint density at radius 2 is 1.89 bits per heavy atom. The maximum atomic E-state index is 12.7. The van der Waals surface area contributed by atoms with E-state index in [2.05, 4.69) is 24.3 Å². The predicted molar refractivity (Wildman–Crippen MR) is 106 cm³/mol. The average molecular weight is 373 g/mol. The van der Waals surface area contributed by atoms with Crippen molar-refractivity contribution in [3.63, 3.8) is 0 Å². The molecule has 0 radical (unpaired) electrons. The molecule has 6 heteroatoms. The van der Waals surface area contributed by atoms with Crippen molar-refractivity contribution in [3.05, 3.63) is 24.3 Å². The number of para-hydroxylation sites is 2. The van der Waals surface area contributed by atoms with Gasteiger partial charge in [-0.15, -0.1) is 0 Å². The molecule has 1 aliphatic carbocycles. The Bertz CT molecular complexity index is 666. The zero-order valence-electron chi connectivity index (χ0n) is 16.5. The molecule has 2 aliphatic rings. The largest absolute Gasteiger partial charge is 0.491 e. The van der Waals surface area contributed by atoms with Gasteiger partial charge in [-0.1, -0.05) is 37.8 Å². The molecule has 0 unspecified atom stereocenters. The van der Waals surface area contributed by atoms with Crippen LogP contribution in [0.2, 0.25) is 0 Å². The number of carbonyl (C=O) groups is 2. The normalized spacial score (nSPS) is 19.7. The molecule has 1 N–H and O–H groups in total. The molecule has 1 aliphatic heterocycles. The molecule has 1 aromatic carbocycles. The van der Waals surface area contributed by atoms with E-state index >= 15 is 0 Å². The van der Waals surface area contributed by atoms with Crippen molar-refractivity contribution >= 4 is 17.5 Å². The van der Waals surface area contributed by atoms with Gasteiger partial charge in [-0.2, -0.15) is 0 Å². The number of anilines is 1. The topological polar surface area (TPSA) is 61.9 Å². The van der Waals surface area contributed by atoms with E-state index in [1.165, 1.54) is 25.7 Å². The van der Waals surface area contributed by atoms with Gasteiger partial charge in [-0.25, -0.2) is 0 Å². The number of benzene rings is 1. The third-order valence-electron chi connectivity index (χ3n) is 5.93. The van der Waals surface area contributed by atoms with Gasteiger partial charge in [0.15, 0.2) is 0 Å². The van der Waals surface area contributed by atoms with Crippen LogP contribution in [0.15, 0.2) is 24.3 Å². The van der Waals surface area contributed by atoms with Crippen LogP contribution in [-0.2, 0) is 9.59 Å². The van der Waals surface area contributed by atoms with Crippen LogP contribution in [0.5, 0.6) is 5.75 Å². The predicted octanol–water partition coefficient (Wildman–Crippen LogP) is 2.57. The van der Waals surface area contributed by atoms with Gasteiger partial charge in [0.05, 0.1) is 18.7 Å². The Hall–Kier alpha value is -2.08. The molecule has 1 fully saturated rings. The first-order chi connectivity index (χ1) is 13.0. The number of nitrogens with one attached hydrogen (secondary N) is 1. The first-order valence-corrected chi connectivity index (χ1v) is 9.98. The van der Waals surface area contributed by atoms with E-state index in [0.717, 1.165) is 12.8 Å². The molecular weight excluding hydrogens is 342 g/mol. The summed E-state index contributed by atoms with van der Waals surface area (Å²) >= 11 is 0. The Morgan fingerprint density at radius 1 is 1.19 bits per heavy atom. The molecule has 1 heterocycles. The Kier molecular flexibility index (Phi) is 6.37. The highest BCUT2D eigenvalue weighted by Gasteiger charge is 2.34. The maximum absolute atomic E-state index is 12.7. The van der Waals surface area contributed by atoms with Crippen LogP contribution in [-0.4, -0.2) is 56.0 Å². The van der Waals surface area contributed by atoms with E-state index in [1.54, 1.807) is 4.90 Å². The van der Waals surface area contributed by atoms with Crippen molar-refractivity contribution in [1.82, 2.24) is 10.2 Å². The minimum Gasteiger partial charge on any atom is -0.491 e. The number of fused-ring (bicyclic) bond motifs is 1. The van der Waals surface area contributed by atoms with Crippen molar-refractivity contribution in [2.75, 3.05) is 38.7 Å². The van der Waals surface area contributed by atoms with Gasteiger partial charge in [0, 0.05) is 12.1 Å². The SMILES string of the molecule is CN(C)C1(CNC(=O)CN2C(=O)CCOc3ccccc32)CCCCCC1. The van der Waals surface area contributed by atoms with Gasteiger partial charge in [-0.3, -0.25) is 14.5 Å². The number of amides is 2. The minimum atomic E-state index is -0.120. The highest BCUT2D eigenvalue weighted by atomic mass is 16.5. The fourth-order valence-corrected chi connectivity index (χ4v) is 4.12. The van der Waals surface area contributed by atoms with Crippen LogP contribution in [0.1, 0.15) is 44.9 Å². The molecular formula is C21H31N3O3. The fraction of sp³-hybridized carbons (Fsp3) is 0.619. The number of nitrogens with zero attached hydrogens (tertiary/aromatic N) is 2. The lowest BCUT2D eigenvalue weighted by Gasteiger charge is -2.40. The molecule has 0 atom stereocenters. The third-order valence-corrected chi connectivity index (χ3v) is 5.93. The summed E-state index contributed by atoms with van der Waals surface area (Å²) in [5.41, 5.74) is 0.683. The van der Waals surface area contributed by atoms with Crippen LogP contribution >= 0.6 is 0 Å². The summed E-state index contributed by atoms with van der Waals surface area (Å²) in [7, 11) is 4.20. The van der Waals surface area contributed by atoms with E-state index in [4.69, 9.17) is 4.74 Å². The number of hydrogen-bond acceptors (Lipinski definition) is 4. The Balaban J connectivity index is 1.67.